The Bertz CT molecular complexity index is 315. The maximum Gasteiger partial charge on any atom is 0.244 e. The molecule has 0 aliphatic carbocycles. The van der Waals surface area contributed by atoms with Crippen molar-refractivity contribution in [1.82, 2.24) is 5.32 Å². The van der Waals surface area contributed by atoms with Gasteiger partial charge in [0.1, 0.15) is 0 Å². The molecular formula is C11H16N2OS. The molecule has 0 aliphatic heterocycles. The molecule has 1 unspecified atom stereocenters. The Kier molecular flexibility index (Phi) is 5.07. The monoisotopic (exact) mass is 224 g/mol. The van der Waals surface area contributed by atoms with Gasteiger partial charge in [-0.25, -0.2) is 0 Å². The molecule has 0 aliphatic rings. The Hall–Kier alpha value is -1.13. The summed E-state index contributed by atoms with van der Waals surface area (Å²) in [6, 6.07) is 4.00. The van der Waals surface area contributed by atoms with Gasteiger partial charge >= 0.3 is 0 Å². The van der Waals surface area contributed by atoms with E-state index in [-0.39, 0.29) is 11.9 Å². The van der Waals surface area contributed by atoms with E-state index in [9.17, 15) is 4.79 Å². The van der Waals surface area contributed by atoms with E-state index < -0.39 is 0 Å². The van der Waals surface area contributed by atoms with Crippen LogP contribution < -0.4 is 11.1 Å². The molecule has 15 heavy (non-hydrogen) atoms. The molecule has 0 spiro atoms. The summed E-state index contributed by atoms with van der Waals surface area (Å²) in [6.45, 7) is 2.48. The van der Waals surface area contributed by atoms with Crippen molar-refractivity contribution in [1.29, 1.82) is 0 Å². The van der Waals surface area contributed by atoms with Gasteiger partial charge in [-0.15, -0.1) is 11.3 Å². The van der Waals surface area contributed by atoms with Gasteiger partial charge in [0, 0.05) is 23.5 Å². The topological polar surface area (TPSA) is 55.1 Å². The van der Waals surface area contributed by atoms with Crippen molar-refractivity contribution in [2.45, 2.75) is 19.4 Å². The SMILES string of the molecule is CCC(CN)NC(=O)C=Cc1cccs1. The molecule has 3 nitrogen and oxygen atoms in total. The fraction of sp³-hybridized carbons (Fsp3) is 0.364. The lowest BCUT2D eigenvalue weighted by molar-refractivity contribution is -0.117. The van der Waals surface area contributed by atoms with Crippen LogP contribution in [0.1, 0.15) is 18.2 Å². The maximum atomic E-state index is 11.4. The molecule has 1 aromatic heterocycles. The predicted octanol–water partition coefficient (Wildman–Crippen LogP) is 1.61. The van der Waals surface area contributed by atoms with Gasteiger partial charge in [0.15, 0.2) is 0 Å². The second-order valence-corrected chi connectivity index (χ2v) is 4.18. The van der Waals surface area contributed by atoms with Crippen LogP contribution in [0, 0.1) is 0 Å². The van der Waals surface area contributed by atoms with Crippen LogP contribution in [0.2, 0.25) is 0 Å². The quantitative estimate of drug-likeness (QED) is 0.747. The fourth-order valence-corrected chi connectivity index (χ4v) is 1.74. The van der Waals surface area contributed by atoms with Gasteiger partial charge < -0.3 is 11.1 Å². The van der Waals surface area contributed by atoms with E-state index in [2.05, 4.69) is 5.32 Å². The summed E-state index contributed by atoms with van der Waals surface area (Å²) in [5, 5.41) is 4.81. The second-order valence-electron chi connectivity index (χ2n) is 3.20. The summed E-state index contributed by atoms with van der Waals surface area (Å²) in [5.74, 6) is -0.0827. The Balaban J connectivity index is 2.42. The van der Waals surface area contributed by atoms with Crippen LogP contribution in [0.15, 0.2) is 23.6 Å². The third kappa shape index (κ3) is 4.27. The van der Waals surface area contributed by atoms with Gasteiger partial charge in [0.25, 0.3) is 0 Å². The zero-order valence-corrected chi connectivity index (χ0v) is 9.59. The van der Waals surface area contributed by atoms with E-state index in [1.165, 1.54) is 0 Å². The van der Waals surface area contributed by atoms with Crippen LogP contribution in [0.25, 0.3) is 6.08 Å². The number of amides is 1. The van der Waals surface area contributed by atoms with Gasteiger partial charge in [-0.2, -0.15) is 0 Å². The number of nitrogens with one attached hydrogen (secondary N) is 1. The zero-order chi connectivity index (χ0) is 11.1. The molecule has 82 valence electrons. The van der Waals surface area contributed by atoms with E-state index in [1.807, 2.05) is 30.5 Å². The van der Waals surface area contributed by atoms with Gasteiger partial charge in [-0.3, -0.25) is 4.79 Å². The molecule has 0 aromatic carbocycles. The smallest absolute Gasteiger partial charge is 0.244 e. The second kappa shape index (κ2) is 6.37. The van der Waals surface area contributed by atoms with E-state index in [4.69, 9.17) is 5.73 Å². The molecule has 0 saturated heterocycles. The zero-order valence-electron chi connectivity index (χ0n) is 8.77. The average molecular weight is 224 g/mol. The van der Waals surface area contributed by atoms with E-state index >= 15 is 0 Å². The average Bonchev–Trinajstić information content (AvgIpc) is 2.75. The Morgan fingerprint density at radius 2 is 2.53 bits per heavy atom. The summed E-state index contributed by atoms with van der Waals surface area (Å²) in [5.41, 5.74) is 5.49. The Labute approximate surface area is 94.0 Å². The van der Waals surface area contributed by atoms with Crippen molar-refractivity contribution in [2.24, 2.45) is 5.73 Å². The first-order valence-corrected chi connectivity index (χ1v) is 5.86. The molecular weight excluding hydrogens is 208 g/mol. The minimum Gasteiger partial charge on any atom is -0.349 e. The molecule has 0 bridgehead atoms. The number of hydrogen-bond donors (Lipinski definition) is 2. The Morgan fingerprint density at radius 1 is 1.73 bits per heavy atom. The molecule has 1 rings (SSSR count). The molecule has 1 amide bonds. The van der Waals surface area contributed by atoms with Crippen molar-refractivity contribution in [3.63, 3.8) is 0 Å². The molecule has 3 N–H and O–H groups in total. The van der Waals surface area contributed by atoms with Crippen molar-refractivity contribution in [3.05, 3.63) is 28.5 Å². The highest BCUT2D eigenvalue weighted by atomic mass is 32.1. The van der Waals surface area contributed by atoms with Gasteiger partial charge in [-0.1, -0.05) is 13.0 Å². The number of carbonyl (C=O) groups excluding carboxylic acids is 1. The third-order valence-electron chi connectivity index (χ3n) is 2.07. The summed E-state index contributed by atoms with van der Waals surface area (Å²) in [6.07, 6.45) is 4.21. The highest BCUT2D eigenvalue weighted by Crippen LogP contribution is 2.09. The highest BCUT2D eigenvalue weighted by Gasteiger charge is 2.04. The van der Waals surface area contributed by atoms with Crippen LogP contribution in [0.4, 0.5) is 0 Å². The summed E-state index contributed by atoms with van der Waals surface area (Å²) < 4.78 is 0. The summed E-state index contributed by atoms with van der Waals surface area (Å²) in [4.78, 5) is 12.5. The van der Waals surface area contributed by atoms with E-state index in [0.29, 0.717) is 6.54 Å². The molecule has 0 radical (unpaired) electrons. The minimum absolute atomic E-state index is 0.0745. The number of nitrogens with two attached hydrogens (primary N) is 1. The first-order chi connectivity index (χ1) is 7.26. The minimum atomic E-state index is -0.0827. The maximum absolute atomic E-state index is 11.4. The summed E-state index contributed by atoms with van der Waals surface area (Å²) >= 11 is 1.60. The van der Waals surface area contributed by atoms with Crippen molar-refractivity contribution >= 4 is 23.3 Å². The van der Waals surface area contributed by atoms with Crippen molar-refractivity contribution in [2.75, 3.05) is 6.54 Å². The van der Waals surface area contributed by atoms with Crippen LogP contribution in [-0.4, -0.2) is 18.5 Å². The van der Waals surface area contributed by atoms with Crippen LogP contribution >= 0.6 is 11.3 Å². The van der Waals surface area contributed by atoms with Crippen LogP contribution in [-0.2, 0) is 4.79 Å². The third-order valence-corrected chi connectivity index (χ3v) is 2.90. The van der Waals surface area contributed by atoms with Crippen LogP contribution in [0.5, 0.6) is 0 Å². The molecule has 1 atom stereocenters. The van der Waals surface area contributed by atoms with Crippen molar-refractivity contribution in [3.8, 4) is 0 Å². The predicted molar refractivity (Wildman–Crippen MR) is 64.6 cm³/mol. The number of rotatable bonds is 5. The first-order valence-electron chi connectivity index (χ1n) is 4.98. The molecule has 0 saturated carbocycles. The number of hydrogen-bond acceptors (Lipinski definition) is 3. The van der Waals surface area contributed by atoms with Gasteiger partial charge in [-0.05, 0) is 23.9 Å². The molecule has 0 fully saturated rings. The normalized spacial score (nSPS) is 12.9. The van der Waals surface area contributed by atoms with Crippen LogP contribution in [0.3, 0.4) is 0 Å². The van der Waals surface area contributed by atoms with Gasteiger partial charge in [0.05, 0.1) is 0 Å². The largest absolute Gasteiger partial charge is 0.349 e. The van der Waals surface area contributed by atoms with Crippen molar-refractivity contribution < 1.29 is 4.79 Å². The van der Waals surface area contributed by atoms with Gasteiger partial charge in [0.2, 0.25) is 5.91 Å². The molecule has 4 heteroatoms. The molecule has 1 aromatic rings. The highest BCUT2D eigenvalue weighted by molar-refractivity contribution is 7.10. The standard InChI is InChI=1S/C11H16N2OS/c1-2-9(8-12)13-11(14)6-5-10-4-3-7-15-10/h3-7,9H,2,8,12H2,1H3,(H,13,14). The lowest BCUT2D eigenvalue weighted by Crippen LogP contribution is -2.38. The Morgan fingerprint density at radius 3 is 3.07 bits per heavy atom. The molecule has 1 heterocycles. The number of carbonyl (C=O) groups is 1. The number of thiophene rings is 1. The lowest BCUT2D eigenvalue weighted by Gasteiger charge is -2.12. The first kappa shape index (κ1) is 11.9. The fourth-order valence-electron chi connectivity index (χ4n) is 1.12. The van der Waals surface area contributed by atoms with E-state index in [0.717, 1.165) is 11.3 Å². The van der Waals surface area contributed by atoms with E-state index in [1.54, 1.807) is 17.4 Å². The lowest BCUT2D eigenvalue weighted by atomic mass is 10.2. The summed E-state index contributed by atoms with van der Waals surface area (Å²) in [7, 11) is 0.